The van der Waals surface area contributed by atoms with Crippen molar-refractivity contribution in [3.05, 3.63) is 30.5 Å². The molecule has 1 aromatic heterocycles. The lowest BCUT2D eigenvalue weighted by Gasteiger charge is -2.34. The molecule has 2 aliphatic rings. The topological polar surface area (TPSA) is 102 Å². The number of hydrogen-bond donors (Lipinski definition) is 1. The number of alkyl halides is 2. The molecular weight excluding hydrogens is 426 g/mol. The zero-order valence-corrected chi connectivity index (χ0v) is 17.3. The number of anilines is 1. The van der Waals surface area contributed by atoms with E-state index in [1.54, 1.807) is 12.1 Å². The molecule has 3 heterocycles. The van der Waals surface area contributed by atoms with Crippen molar-refractivity contribution >= 4 is 11.9 Å². The van der Waals surface area contributed by atoms with Crippen LogP contribution in [0, 0.1) is 0 Å². The number of nitrogens with one attached hydrogen (secondary N) is 1. The highest BCUT2D eigenvalue weighted by Crippen LogP contribution is 2.22. The zero-order chi connectivity index (χ0) is 22.3. The summed E-state index contributed by atoms with van der Waals surface area (Å²) in [6.07, 6.45) is 2.21. The normalized spacial score (nSPS) is 19.3. The first-order chi connectivity index (χ1) is 15.6. The van der Waals surface area contributed by atoms with Crippen LogP contribution >= 0.6 is 0 Å². The van der Waals surface area contributed by atoms with Crippen LogP contribution in [0.25, 0.3) is 11.3 Å². The van der Waals surface area contributed by atoms with Gasteiger partial charge in [0.05, 0.1) is 25.0 Å². The Kier molecular flexibility index (Phi) is 7.35. The summed E-state index contributed by atoms with van der Waals surface area (Å²) >= 11 is 0. The molecule has 0 aliphatic carbocycles. The van der Waals surface area contributed by atoms with Gasteiger partial charge in [0.15, 0.2) is 0 Å². The Balaban J connectivity index is 1.27. The van der Waals surface area contributed by atoms with Crippen LogP contribution in [-0.2, 0) is 14.4 Å². The average Bonchev–Trinajstić information content (AvgIpc) is 3.32. The van der Waals surface area contributed by atoms with Gasteiger partial charge in [-0.05, 0) is 24.3 Å². The molecule has 0 spiro atoms. The molecule has 0 saturated carbocycles. The number of halogens is 2. The highest BCUT2D eigenvalue weighted by Gasteiger charge is 2.23. The van der Waals surface area contributed by atoms with Crippen molar-refractivity contribution in [3.63, 3.8) is 0 Å². The molecular formula is C20H24F2N6O4. The van der Waals surface area contributed by atoms with E-state index in [4.69, 9.17) is 9.57 Å². The number of aromatic nitrogens is 3. The van der Waals surface area contributed by atoms with Crippen LogP contribution < -0.4 is 15.1 Å². The van der Waals surface area contributed by atoms with Gasteiger partial charge in [0.2, 0.25) is 5.95 Å². The smallest absolute Gasteiger partial charge is 0.387 e. The van der Waals surface area contributed by atoms with Crippen LogP contribution in [0.3, 0.4) is 0 Å². The highest BCUT2D eigenvalue weighted by atomic mass is 19.3. The zero-order valence-electron chi connectivity index (χ0n) is 17.3. The lowest BCUT2D eigenvalue weighted by molar-refractivity contribution is -0.139. The van der Waals surface area contributed by atoms with E-state index in [0.717, 1.165) is 6.42 Å². The fraction of sp³-hybridized carbons (Fsp3) is 0.500. The van der Waals surface area contributed by atoms with Crippen LogP contribution in [0.2, 0.25) is 0 Å². The first-order valence-electron chi connectivity index (χ1n) is 10.3. The average molecular weight is 450 g/mol. The summed E-state index contributed by atoms with van der Waals surface area (Å²) in [6, 6.07) is 6.19. The van der Waals surface area contributed by atoms with Crippen molar-refractivity contribution in [3.8, 4) is 17.0 Å². The molecule has 2 fully saturated rings. The Bertz CT molecular complexity index is 890. The van der Waals surface area contributed by atoms with E-state index in [-0.39, 0.29) is 24.3 Å². The number of ether oxygens (including phenoxy) is 2. The molecule has 1 N–H and O–H groups in total. The van der Waals surface area contributed by atoms with Gasteiger partial charge in [-0.15, -0.1) is 5.10 Å². The summed E-state index contributed by atoms with van der Waals surface area (Å²) in [5.41, 5.74) is 3.79. The standard InChI is InChI=1S/C20H24F2N6O4/c21-19(22)31-15-3-1-14(2-4-15)17-11-23-25-20(24-17)28-8-6-27(7-9-28)12-18(29)26-32-16-5-10-30-13-16/h1-4,11,16,19H,5-10,12-13H2,(H,26,29)/t16-/m0/s1. The Hall–Kier alpha value is -2.96. The van der Waals surface area contributed by atoms with E-state index in [0.29, 0.717) is 56.6 Å². The second-order valence-corrected chi connectivity index (χ2v) is 7.44. The predicted molar refractivity (Wildman–Crippen MR) is 109 cm³/mol. The number of hydrogen-bond acceptors (Lipinski definition) is 9. The van der Waals surface area contributed by atoms with Gasteiger partial charge in [0, 0.05) is 44.8 Å². The molecule has 1 aromatic carbocycles. The first kappa shape index (κ1) is 22.2. The van der Waals surface area contributed by atoms with E-state index in [1.165, 1.54) is 18.3 Å². The van der Waals surface area contributed by atoms with E-state index in [1.807, 2.05) is 9.80 Å². The SMILES string of the molecule is O=C(CN1CCN(c2nncc(-c3ccc(OC(F)F)cc3)n2)CC1)NO[C@H]1CCOC1. The van der Waals surface area contributed by atoms with Gasteiger partial charge in [-0.25, -0.2) is 10.5 Å². The van der Waals surface area contributed by atoms with Gasteiger partial charge in [0.25, 0.3) is 5.91 Å². The van der Waals surface area contributed by atoms with Gasteiger partial charge < -0.3 is 14.4 Å². The van der Waals surface area contributed by atoms with Gasteiger partial charge in [-0.3, -0.25) is 14.5 Å². The maximum absolute atomic E-state index is 12.3. The number of hydroxylamine groups is 1. The van der Waals surface area contributed by atoms with Gasteiger partial charge in [-0.1, -0.05) is 0 Å². The van der Waals surface area contributed by atoms with Crippen LogP contribution in [-0.4, -0.2) is 84.6 Å². The summed E-state index contributed by atoms with van der Waals surface area (Å²) in [5, 5.41) is 8.14. The summed E-state index contributed by atoms with van der Waals surface area (Å²) in [4.78, 5) is 26.0. The third-order valence-electron chi connectivity index (χ3n) is 5.17. The Labute approximate surface area is 183 Å². The summed E-state index contributed by atoms with van der Waals surface area (Å²) < 4.78 is 34.2. The Morgan fingerprint density at radius 2 is 2.00 bits per heavy atom. The number of carbonyl (C=O) groups is 1. The minimum absolute atomic E-state index is 0.0770. The van der Waals surface area contributed by atoms with Crippen molar-refractivity contribution in [2.45, 2.75) is 19.1 Å². The number of benzene rings is 1. The van der Waals surface area contributed by atoms with Gasteiger partial charge >= 0.3 is 6.61 Å². The van der Waals surface area contributed by atoms with Crippen molar-refractivity contribution in [2.75, 3.05) is 50.8 Å². The quantitative estimate of drug-likeness (QED) is 0.593. The molecule has 1 amide bonds. The second-order valence-electron chi connectivity index (χ2n) is 7.44. The van der Waals surface area contributed by atoms with E-state index < -0.39 is 6.61 Å². The van der Waals surface area contributed by atoms with Crippen molar-refractivity contribution in [1.29, 1.82) is 0 Å². The largest absolute Gasteiger partial charge is 0.435 e. The number of nitrogens with zero attached hydrogens (tertiary/aromatic N) is 5. The molecule has 2 aromatic rings. The van der Waals surface area contributed by atoms with Crippen LogP contribution in [0.15, 0.2) is 30.5 Å². The monoisotopic (exact) mass is 450 g/mol. The third kappa shape index (κ3) is 6.05. The molecule has 0 radical (unpaired) electrons. The van der Waals surface area contributed by atoms with E-state index in [2.05, 4.69) is 25.4 Å². The molecule has 172 valence electrons. The second kappa shape index (κ2) is 10.6. The highest BCUT2D eigenvalue weighted by molar-refractivity contribution is 5.77. The molecule has 2 saturated heterocycles. The van der Waals surface area contributed by atoms with E-state index in [9.17, 15) is 13.6 Å². The maximum Gasteiger partial charge on any atom is 0.387 e. The van der Waals surface area contributed by atoms with Crippen molar-refractivity contribution in [2.24, 2.45) is 0 Å². The number of amides is 1. The minimum atomic E-state index is -2.87. The van der Waals surface area contributed by atoms with Crippen molar-refractivity contribution in [1.82, 2.24) is 25.6 Å². The Morgan fingerprint density at radius 3 is 2.69 bits per heavy atom. The first-order valence-corrected chi connectivity index (χ1v) is 10.3. The molecule has 4 rings (SSSR count). The fourth-order valence-corrected chi connectivity index (χ4v) is 3.47. The van der Waals surface area contributed by atoms with Gasteiger partial charge in [-0.2, -0.15) is 13.9 Å². The maximum atomic E-state index is 12.3. The third-order valence-corrected chi connectivity index (χ3v) is 5.17. The van der Waals surface area contributed by atoms with E-state index >= 15 is 0 Å². The van der Waals surface area contributed by atoms with Crippen LogP contribution in [0.4, 0.5) is 14.7 Å². The molecule has 32 heavy (non-hydrogen) atoms. The molecule has 2 aliphatic heterocycles. The molecule has 10 nitrogen and oxygen atoms in total. The lowest BCUT2D eigenvalue weighted by Crippen LogP contribution is -2.50. The number of rotatable bonds is 8. The predicted octanol–water partition coefficient (Wildman–Crippen LogP) is 1.10. The molecule has 1 atom stereocenters. The summed E-state index contributed by atoms with van der Waals surface area (Å²) in [6.45, 7) is 1.12. The number of carbonyl (C=O) groups excluding carboxylic acids is 1. The summed E-state index contributed by atoms with van der Waals surface area (Å²) in [5.74, 6) is 0.363. The molecule has 0 bridgehead atoms. The van der Waals surface area contributed by atoms with Crippen LogP contribution in [0.1, 0.15) is 6.42 Å². The number of piperazine rings is 1. The fourth-order valence-electron chi connectivity index (χ4n) is 3.47. The summed E-state index contributed by atoms with van der Waals surface area (Å²) in [7, 11) is 0. The van der Waals surface area contributed by atoms with Crippen LogP contribution in [0.5, 0.6) is 5.75 Å². The Morgan fingerprint density at radius 1 is 1.22 bits per heavy atom. The molecule has 12 heteroatoms. The van der Waals surface area contributed by atoms with Gasteiger partial charge in [0.1, 0.15) is 11.9 Å². The minimum Gasteiger partial charge on any atom is -0.435 e. The lowest BCUT2D eigenvalue weighted by atomic mass is 10.1. The van der Waals surface area contributed by atoms with Crippen molar-refractivity contribution < 1.29 is 27.9 Å². The molecule has 0 unspecified atom stereocenters.